The molecule has 0 atom stereocenters. The third-order valence-electron chi connectivity index (χ3n) is 2.84. The molecular formula is C15H9F3O3. The molecule has 0 saturated heterocycles. The summed E-state index contributed by atoms with van der Waals surface area (Å²) in [5, 5.41) is 0. The van der Waals surface area contributed by atoms with Crippen LogP contribution in [0, 0.1) is 17.5 Å². The Bertz CT molecular complexity index is 726. The Balaban J connectivity index is 2.41. The number of ether oxygens (including phenoxy) is 1. The van der Waals surface area contributed by atoms with E-state index in [9.17, 15) is 22.8 Å². The summed E-state index contributed by atoms with van der Waals surface area (Å²) in [5.74, 6) is -5.34. The maximum atomic E-state index is 13.9. The van der Waals surface area contributed by atoms with E-state index in [2.05, 4.69) is 4.74 Å². The molecule has 3 nitrogen and oxygen atoms in total. The lowest BCUT2D eigenvalue weighted by Gasteiger charge is -2.06. The summed E-state index contributed by atoms with van der Waals surface area (Å²) < 4.78 is 44.1. The lowest BCUT2D eigenvalue weighted by Crippen LogP contribution is -2.17. The number of Topliss-reactive ketones (excluding diaryl/α,β-unsaturated/α-hetero) is 1. The van der Waals surface area contributed by atoms with Gasteiger partial charge in [0.2, 0.25) is 0 Å². The van der Waals surface area contributed by atoms with Crippen molar-refractivity contribution in [3.8, 4) is 11.1 Å². The normalized spacial score (nSPS) is 10.3. The maximum absolute atomic E-state index is 13.9. The standard InChI is InChI=1S/C15H9F3O3/c1-21-15(20)14(19)10-4-2-8(6-12(10)17)9-3-5-11(16)13(18)7-9/h2-7H,1H3. The maximum Gasteiger partial charge on any atom is 0.379 e. The first-order chi connectivity index (χ1) is 9.93. The Morgan fingerprint density at radius 3 is 1.95 bits per heavy atom. The minimum atomic E-state index is -1.19. The van der Waals surface area contributed by atoms with Crippen molar-refractivity contribution in [2.24, 2.45) is 0 Å². The van der Waals surface area contributed by atoms with Crippen molar-refractivity contribution in [1.29, 1.82) is 0 Å². The molecule has 0 aromatic heterocycles. The minimum absolute atomic E-state index is 0.241. The fourth-order valence-electron chi connectivity index (χ4n) is 1.76. The van der Waals surface area contributed by atoms with E-state index in [1.807, 2.05) is 0 Å². The second-order valence-corrected chi connectivity index (χ2v) is 4.14. The Labute approximate surface area is 118 Å². The third kappa shape index (κ3) is 2.94. The molecule has 0 unspecified atom stereocenters. The van der Waals surface area contributed by atoms with Gasteiger partial charge in [-0.3, -0.25) is 4.79 Å². The second kappa shape index (κ2) is 5.78. The monoisotopic (exact) mass is 294 g/mol. The smallest absolute Gasteiger partial charge is 0.379 e. The van der Waals surface area contributed by atoms with Crippen molar-refractivity contribution in [2.45, 2.75) is 0 Å². The van der Waals surface area contributed by atoms with Crippen LogP contribution in [0.2, 0.25) is 0 Å². The van der Waals surface area contributed by atoms with Gasteiger partial charge in [-0.2, -0.15) is 0 Å². The van der Waals surface area contributed by atoms with E-state index >= 15 is 0 Å². The Morgan fingerprint density at radius 1 is 0.857 bits per heavy atom. The number of rotatable bonds is 3. The number of carbonyl (C=O) groups excluding carboxylic acids is 2. The van der Waals surface area contributed by atoms with Gasteiger partial charge in [0.25, 0.3) is 5.78 Å². The fraction of sp³-hybridized carbons (Fsp3) is 0.0667. The summed E-state index contributed by atoms with van der Waals surface area (Å²) in [5.41, 5.74) is 0.0332. The molecule has 0 aliphatic carbocycles. The predicted octanol–water partition coefficient (Wildman–Crippen LogP) is 3.13. The van der Waals surface area contributed by atoms with E-state index in [1.54, 1.807) is 0 Å². The summed E-state index contributed by atoms with van der Waals surface area (Å²) in [6, 6.07) is 6.47. The molecule has 2 rings (SSSR count). The molecule has 0 heterocycles. The van der Waals surface area contributed by atoms with Gasteiger partial charge in [-0.15, -0.1) is 0 Å². The molecule has 0 amide bonds. The van der Waals surface area contributed by atoms with Gasteiger partial charge in [0.15, 0.2) is 11.6 Å². The first-order valence-electron chi connectivity index (χ1n) is 5.81. The van der Waals surface area contributed by atoms with Crippen molar-refractivity contribution in [2.75, 3.05) is 7.11 Å². The molecule has 0 N–H and O–H groups in total. The van der Waals surface area contributed by atoms with E-state index in [4.69, 9.17) is 0 Å². The number of esters is 1. The van der Waals surface area contributed by atoms with Crippen LogP contribution in [0.4, 0.5) is 13.2 Å². The van der Waals surface area contributed by atoms with Crippen LogP contribution in [0.5, 0.6) is 0 Å². The first-order valence-corrected chi connectivity index (χ1v) is 5.81. The van der Waals surface area contributed by atoms with Crippen LogP contribution in [0.3, 0.4) is 0 Å². The van der Waals surface area contributed by atoms with Crippen LogP contribution >= 0.6 is 0 Å². The molecule has 0 bridgehead atoms. The number of halogens is 3. The average molecular weight is 294 g/mol. The summed E-state index contributed by atoms with van der Waals surface area (Å²) in [7, 11) is 1.01. The van der Waals surface area contributed by atoms with E-state index < -0.39 is 34.8 Å². The molecule has 21 heavy (non-hydrogen) atoms. The van der Waals surface area contributed by atoms with E-state index in [0.29, 0.717) is 0 Å². The third-order valence-corrected chi connectivity index (χ3v) is 2.84. The van der Waals surface area contributed by atoms with Crippen molar-refractivity contribution in [1.82, 2.24) is 0 Å². The highest BCUT2D eigenvalue weighted by atomic mass is 19.2. The van der Waals surface area contributed by atoms with Crippen LogP contribution in [0.15, 0.2) is 36.4 Å². The molecule has 0 saturated carbocycles. The first kappa shape index (κ1) is 14.8. The van der Waals surface area contributed by atoms with Crippen molar-refractivity contribution >= 4 is 11.8 Å². The van der Waals surface area contributed by atoms with Gasteiger partial charge in [0, 0.05) is 0 Å². The van der Waals surface area contributed by atoms with Crippen LogP contribution in [-0.4, -0.2) is 18.9 Å². The molecule has 2 aromatic carbocycles. The van der Waals surface area contributed by atoms with Crippen LogP contribution in [-0.2, 0) is 9.53 Å². The summed E-state index contributed by atoms with van der Waals surface area (Å²) >= 11 is 0. The summed E-state index contributed by atoms with van der Waals surface area (Å²) in [4.78, 5) is 22.6. The zero-order chi connectivity index (χ0) is 15.6. The number of hydrogen-bond acceptors (Lipinski definition) is 3. The SMILES string of the molecule is COC(=O)C(=O)c1ccc(-c2ccc(F)c(F)c2)cc1F. The largest absolute Gasteiger partial charge is 0.463 e. The zero-order valence-corrected chi connectivity index (χ0v) is 10.8. The highest BCUT2D eigenvalue weighted by Crippen LogP contribution is 2.24. The zero-order valence-electron chi connectivity index (χ0n) is 10.8. The summed E-state index contributed by atoms with van der Waals surface area (Å²) in [6.07, 6.45) is 0. The van der Waals surface area contributed by atoms with Gasteiger partial charge >= 0.3 is 5.97 Å². The molecule has 0 radical (unpaired) electrons. The molecule has 108 valence electrons. The molecule has 0 aliphatic rings. The van der Waals surface area contributed by atoms with Crippen LogP contribution in [0.25, 0.3) is 11.1 Å². The average Bonchev–Trinajstić information content (AvgIpc) is 2.48. The Hall–Kier alpha value is -2.63. The number of benzene rings is 2. The van der Waals surface area contributed by atoms with Crippen LogP contribution < -0.4 is 0 Å². The molecular weight excluding hydrogens is 285 g/mol. The highest BCUT2D eigenvalue weighted by Gasteiger charge is 2.21. The van der Waals surface area contributed by atoms with Crippen molar-refractivity contribution in [3.63, 3.8) is 0 Å². The lowest BCUT2D eigenvalue weighted by atomic mass is 10.0. The molecule has 0 aliphatic heterocycles. The van der Waals surface area contributed by atoms with E-state index in [0.717, 1.165) is 31.4 Å². The minimum Gasteiger partial charge on any atom is -0.463 e. The Kier molecular flexibility index (Phi) is 4.07. The number of hydrogen-bond donors (Lipinski definition) is 0. The van der Waals surface area contributed by atoms with Gasteiger partial charge in [-0.1, -0.05) is 12.1 Å². The van der Waals surface area contributed by atoms with E-state index in [1.165, 1.54) is 12.1 Å². The fourth-order valence-corrected chi connectivity index (χ4v) is 1.76. The predicted molar refractivity (Wildman–Crippen MR) is 68.1 cm³/mol. The van der Waals surface area contributed by atoms with Crippen molar-refractivity contribution in [3.05, 3.63) is 59.4 Å². The van der Waals surface area contributed by atoms with Gasteiger partial charge in [0.05, 0.1) is 12.7 Å². The Morgan fingerprint density at radius 2 is 1.43 bits per heavy atom. The number of carbonyl (C=O) groups is 2. The highest BCUT2D eigenvalue weighted by molar-refractivity contribution is 6.40. The van der Waals surface area contributed by atoms with Gasteiger partial charge in [-0.05, 0) is 35.4 Å². The van der Waals surface area contributed by atoms with E-state index in [-0.39, 0.29) is 11.1 Å². The van der Waals surface area contributed by atoms with Crippen LogP contribution in [0.1, 0.15) is 10.4 Å². The summed E-state index contributed by atoms with van der Waals surface area (Å²) in [6.45, 7) is 0. The molecule has 0 spiro atoms. The van der Waals surface area contributed by atoms with Gasteiger partial charge in [0.1, 0.15) is 5.82 Å². The molecule has 0 fully saturated rings. The molecule has 2 aromatic rings. The molecule has 6 heteroatoms. The quantitative estimate of drug-likeness (QED) is 0.496. The van der Waals surface area contributed by atoms with Gasteiger partial charge in [-0.25, -0.2) is 18.0 Å². The van der Waals surface area contributed by atoms with Gasteiger partial charge < -0.3 is 4.74 Å². The second-order valence-electron chi connectivity index (χ2n) is 4.14. The number of ketones is 1. The van der Waals surface area contributed by atoms with Crippen molar-refractivity contribution < 1.29 is 27.5 Å². The lowest BCUT2D eigenvalue weighted by molar-refractivity contribution is -0.135. The number of methoxy groups -OCH3 is 1. The topological polar surface area (TPSA) is 43.4 Å².